The van der Waals surface area contributed by atoms with Crippen LogP contribution in [0.3, 0.4) is 0 Å². The summed E-state index contributed by atoms with van der Waals surface area (Å²) in [5, 5.41) is 0.298. The first-order chi connectivity index (χ1) is 18.7. The number of fused-ring (bicyclic) bond motifs is 1. The summed E-state index contributed by atoms with van der Waals surface area (Å²) in [6.45, 7) is 7.98. The third kappa shape index (κ3) is 5.65. The number of carbonyl (C=O) groups is 1. The summed E-state index contributed by atoms with van der Waals surface area (Å²) >= 11 is 7.68. The Labute approximate surface area is 236 Å². The highest BCUT2D eigenvalue weighted by Crippen LogP contribution is 2.37. The lowest BCUT2D eigenvalue weighted by Gasteiger charge is -2.25. The summed E-state index contributed by atoms with van der Waals surface area (Å²) < 4.78 is 18.3. The van der Waals surface area contributed by atoms with Gasteiger partial charge in [0.2, 0.25) is 0 Å². The number of thiazole rings is 1. The molecule has 2 heterocycles. The Morgan fingerprint density at radius 2 is 2.00 bits per heavy atom. The normalized spacial score (nSPS) is 15.0. The van der Waals surface area contributed by atoms with Gasteiger partial charge in [-0.05, 0) is 54.7 Å². The second kappa shape index (κ2) is 11.9. The van der Waals surface area contributed by atoms with Crippen molar-refractivity contribution in [3.8, 4) is 23.8 Å². The van der Waals surface area contributed by atoms with Gasteiger partial charge in [0.05, 0.1) is 40.6 Å². The molecule has 0 spiro atoms. The molecular weight excluding hydrogens is 536 g/mol. The Morgan fingerprint density at radius 3 is 2.62 bits per heavy atom. The van der Waals surface area contributed by atoms with Crippen molar-refractivity contribution in [1.82, 2.24) is 4.57 Å². The van der Waals surface area contributed by atoms with Crippen molar-refractivity contribution in [1.29, 1.82) is 0 Å². The number of methoxy groups -OCH3 is 1. The number of aromatic nitrogens is 1. The number of terminal acetylenes is 1. The van der Waals surface area contributed by atoms with Crippen LogP contribution in [0, 0.1) is 12.3 Å². The highest BCUT2D eigenvalue weighted by molar-refractivity contribution is 7.07. The van der Waals surface area contributed by atoms with Crippen molar-refractivity contribution in [3.05, 3.63) is 89.1 Å². The number of benzene rings is 2. The van der Waals surface area contributed by atoms with Crippen molar-refractivity contribution >= 4 is 35.0 Å². The van der Waals surface area contributed by atoms with Crippen LogP contribution in [0.1, 0.15) is 56.3 Å². The van der Waals surface area contributed by atoms with E-state index in [1.807, 2.05) is 24.3 Å². The minimum Gasteiger partial charge on any atom is -0.493 e. The van der Waals surface area contributed by atoms with Gasteiger partial charge in [-0.25, -0.2) is 9.79 Å². The minimum absolute atomic E-state index is 0.0360. The Morgan fingerprint density at radius 1 is 1.28 bits per heavy atom. The van der Waals surface area contributed by atoms with Crippen LogP contribution in [0.15, 0.2) is 57.5 Å². The van der Waals surface area contributed by atoms with Gasteiger partial charge in [-0.1, -0.05) is 67.0 Å². The van der Waals surface area contributed by atoms with Gasteiger partial charge in [0, 0.05) is 0 Å². The molecule has 39 heavy (non-hydrogen) atoms. The van der Waals surface area contributed by atoms with Crippen LogP contribution in [0.5, 0.6) is 11.5 Å². The van der Waals surface area contributed by atoms with Crippen LogP contribution in [0.4, 0.5) is 0 Å². The lowest BCUT2D eigenvalue weighted by molar-refractivity contribution is -0.139. The average molecular weight is 565 g/mol. The number of halogens is 1. The monoisotopic (exact) mass is 564 g/mol. The SMILES string of the molecule is C#CCOc1c(Cl)cc(C=c2sc3n(c2=O)C(c2ccc(C(C)C)cc2)C(C(=O)OCC)=C(C)N=3)cc1OC. The predicted octanol–water partition coefficient (Wildman–Crippen LogP) is 4.60. The van der Waals surface area contributed by atoms with E-state index in [4.69, 9.17) is 32.2 Å². The molecule has 7 nitrogen and oxygen atoms in total. The number of allylic oxidation sites excluding steroid dienone is 1. The van der Waals surface area contributed by atoms with Gasteiger partial charge in [0.25, 0.3) is 5.56 Å². The molecule has 2 aromatic carbocycles. The van der Waals surface area contributed by atoms with E-state index in [-0.39, 0.29) is 18.8 Å². The van der Waals surface area contributed by atoms with Crippen LogP contribution in [-0.4, -0.2) is 30.9 Å². The number of carbonyl (C=O) groups excluding carboxylic acids is 1. The number of esters is 1. The zero-order valence-electron chi connectivity index (χ0n) is 22.4. The van der Waals surface area contributed by atoms with E-state index < -0.39 is 12.0 Å². The standard InChI is InChI=1S/C30H29ClN2O5S/c1-7-13-38-27-22(31)14-19(15-23(27)36-6)16-24-28(34)33-26(21-11-9-20(10-12-21)17(3)4)25(29(35)37-8-2)18(5)32-30(33)39-24/h1,9-12,14-17,26H,8,13H2,2-6H3. The maximum absolute atomic E-state index is 13.9. The molecule has 0 aliphatic carbocycles. The molecule has 0 saturated heterocycles. The predicted molar refractivity (Wildman–Crippen MR) is 153 cm³/mol. The van der Waals surface area contributed by atoms with E-state index >= 15 is 0 Å². The molecule has 0 radical (unpaired) electrons. The Kier molecular flexibility index (Phi) is 8.63. The topological polar surface area (TPSA) is 79.1 Å². The van der Waals surface area contributed by atoms with E-state index in [1.54, 1.807) is 36.6 Å². The highest BCUT2D eigenvalue weighted by atomic mass is 35.5. The van der Waals surface area contributed by atoms with Crippen molar-refractivity contribution in [2.24, 2.45) is 4.99 Å². The van der Waals surface area contributed by atoms with Crippen molar-refractivity contribution in [3.63, 3.8) is 0 Å². The van der Waals surface area contributed by atoms with Gasteiger partial charge in [0.15, 0.2) is 16.3 Å². The van der Waals surface area contributed by atoms with Gasteiger partial charge in [-0.3, -0.25) is 9.36 Å². The largest absolute Gasteiger partial charge is 0.493 e. The molecule has 4 rings (SSSR count). The second-order valence-corrected chi connectivity index (χ2v) is 10.6. The Bertz CT molecular complexity index is 1660. The fourth-order valence-corrected chi connectivity index (χ4v) is 5.72. The number of hydrogen-bond donors (Lipinski definition) is 0. The molecule has 0 bridgehead atoms. The molecule has 0 N–H and O–H groups in total. The van der Waals surface area contributed by atoms with Crippen LogP contribution in [-0.2, 0) is 9.53 Å². The van der Waals surface area contributed by atoms with Crippen molar-refractivity contribution < 1.29 is 19.0 Å². The molecule has 202 valence electrons. The summed E-state index contributed by atoms with van der Waals surface area (Å²) in [6, 6.07) is 10.7. The summed E-state index contributed by atoms with van der Waals surface area (Å²) in [5.74, 6) is 2.96. The molecular formula is C30H29ClN2O5S. The van der Waals surface area contributed by atoms with Crippen LogP contribution in [0.2, 0.25) is 5.02 Å². The minimum atomic E-state index is -0.679. The summed E-state index contributed by atoms with van der Waals surface area (Å²) in [7, 11) is 1.50. The van der Waals surface area contributed by atoms with E-state index in [2.05, 4.69) is 24.8 Å². The third-order valence-electron chi connectivity index (χ3n) is 6.29. The van der Waals surface area contributed by atoms with Gasteiger partial charge < -0.3 is 14.2 Å². The quantitative estimate of drug-likeness (QED) is 0.295. The number of rotatable bonds is 8. The summed E-state index contributed by atoms with van der Waals surface area (Å²) in [4.78, 5) is 32.1. The zero-order chi connectivity index (χ0) is 28.3. The molecule has 1 atom stereocenters. The molecule has 1 aromatic heterocycles. The number of nitrogens with zero attached hydrogens (tertiary/aromatic N) is 2. The molecule has 0 amide bonds. The maximum Gasteiger partial charge on any atom is 0.338 e. The maximum atomic E-state index is 13.9. The molecule has 3 aromatic rings. The van der Waals surface area contributed by atoms with Crippen LogP contribution >= 0.6 is 22.9 Å². The van der Waals surface area contributed by atoms with Crippen molar-refractivity contribution in [2.45, 2.75) is 39.7 Å². The number of hydrogen-bond acceptors (Lipinski definition) is 7. The third-order valence-corrected chi connectivity index (χ3v) is 7.55. The van der Waals surface area contributed by atoms with E-state index in [1.165, 1.54) is 18.4 Å². The smallest absolute Gasteiger partial charge is 0.338 e. The van der Waals surface area contributed by atoms with E-state index in [0.717, 1.165) is 11.1 Å². The number of ether oxygens (including phenoxy) is 3. The molecule has 1 aliphatic rings. The Balaban J connectivity index is 1.90. The van der Waals surface area contributed by atoms with Crippen LogP contribution in [0.25, 0.3) is 6.08 Å². The zero-order valence-corrected chi connectivity index (χ0v) is 24.0. The average Bonchev–Trinajstić information content (AvgIpc) is 3.21. The molecule has 0 fully saturated rings. The fourth-order valence-electron chi connectivity index (χ4n) is 4.40. The summed E-state index contributed by atoms with van der Waals surface area (Å²) in [5.41, 5.74) is 3.16. The van der Waals surface area contributed by atoms with Crippen molar-refractivity contribution in [2.75, 3.05) is 20.3 Å². The molecule has 1 aliphatic heterocycles. The molecule has 1 unspecified atom stereocenters. The molecule has 0 saturated carbocycles. The molecule has 9 heteroatoms. The lowest BCUT2D eigenvalue weighted by atomic mass is 9.93. The first-order valence-corrected chi connectivity index (χ1v) is 13.6. The van der Waals surface area contributed by atoms with Gasteiger partial charge in [-0.2, -0.15) is 0 Å². The Hall–Kier alpha value is -3.80. The van der Waals surface area contributed by atoms with Gasteiger partial charge in [-0.15, -0.1) is 6.42 Å². The lowest BCUT2D eigenvalue weighted by Crippen LogP contribution is -2.39. The van der Waals surface area contributed by atoms with Gasteiger partial charge in [0.1, 0.15) is 6.61 Å². The fraction of sp³-hybridized carbons (Fsp3) is 0.300. The van der Waals surface area contributed by atoms with E-state index in [0.29, 0.717) is 48.6 Å². The van der Waals surface area contributed by atoms with Crippen LogP contribution < -0.4 is 24.4 Å². The first kappa shape index (κ1) is 28.2. The van der Waals surface area contributed by atoms with Gasteiger partial charge >= 0.3 is 5.97 Å². The van der Waals surface area contributed by atoms with E-state index in [9.17, 15) is 9.59 Å². The first-order valence-electron chi connectivity index (χ1n) is 12.4. The highest BCUT2D eigenvalue weighted by Gasteiger charge is 2.33. The second-order valence-electron chi connectivity index (χ2n) is 9.15. The summed E-state index contributed by atoms with van der Waals surface area (Å²) in [6.07, 6.45) is 7.02.